The van der Waals surface area contributed by atoms with Crippen molar-refractivity contribution in [1.29, 1.82) is 0 Å². The lowest BCUT2D eigenvalue weighted by Crippen LogP contribution is -2.22. The minimum absolute atomic E-state index is 0.0165. The Balaban J connectivity index is 0.000000745. The Morgan fingerprint density at radius 1 is 1.18 bits per heavy atom. The standard InChI is InChI=1S/C15H17N3O.C3H8/c1-11(19)18(3)14-6-4-5-12(9-14)13-7-8-17-15(10-13)16-2;1-3-2/h4-10H,1-3H3,(H,16,17);3H2,1-2H3. The molecule has 1 N–H and O–H groups in total. The van der Waals surface area contributed by atoms with E-state index in [0.29, 0.717) is 0 Å². The van der Waals surface area contributed by atoms with Gasteiger partial charge in [-0.1, -0.05) is 32.4 Å². The fourth-order valence-corrected chi connectivity index (χ4v) is 1.82. The molecule has 0 bridgehead atoms. The number of hydrogen-bond donors (Lipinski definition) is 1. The normalized spacial score (nSPS) is 9.50. The molecule has 0 unspecified atom stereocenters. The molecule has 0 atom stereocenters. The van der Waals surface area contributed by atoms with Crippen LogP contribution in [0.4, 0.5) is 11.5 Å². The highest BCUT2D eigenvalue weighted by molar-refractivity contribution is 5.91. The smallest absolute Gasteiger partial charge is 0.223 e. The van der Waals surface area contributed by atoms with E-state index in [4.69, 9.17) is 0 Å². The van der Waals surface area contributed by atoms with E-state index in [-0.39, 0.29) is 5.91 Å². The zero-order chi connectivity index (χ0) is 16.5. The number of rotatable bonds is 3. The molecule has 0 saturated carbocycles. The molecule has 0 spiro atoms. The van der Waals surface area contributed by atoms with Gasteiger partial charge in [0.15, 0.2) is 0 Å². The molecule has 0 saturated heterocycles. The van der Waals surface area contributed by atoms with Crippen molar-refractivity contribution in [3.8, 4) is 11.1 Å². The largest absolute Gasteiger partial charge is 0.373 e. The van der Waals surface area contributed by atoms with Gasteiger partial charge in [-0.2, -0.15) is 0 Å². The quantitative estimate of drug-likeness (QED) is 0.924. The average Bonchev–Trinajstić information content (AvgIpc) is 2.55. The predicted molar refractivity (Wildman–Crippen MR) is 94.3 cm³/mol. The molecule has 1 amide bonds. The van der Waals surface area contributed by atoms with Gasteiger partial charge in [-0.3, -0.25) is 4.79 Å². The van der Waals surface area contributed by atoms with Crippen LogP contribution in [0.3, 0.4) is 0 Å². The van der Waals surface area contributed by atoms with Crippen LogP contribution in [0, 0.1) is 0 Å². The van der Waals surface area contributed by atoms with Crippen molar-refractivity contribution >= 4 is 17.4 Å². The first-order valence-corrected chi connectivity index (χ1v) is 7.52. The van der Waals surface area contributed by atoms with Gasteiger partial charge in [0.2, 0.25) is 5.91 Å². The van der Waals surface area contributed by atoms with Crippen LogP contribution in [0.1, 0.15) is 27.2 Å². The van der Waals surface area contributed by atoms with E-state index in [1.165, 1.54) is 6.42 Å². The molecule has 118 valence electrons. The van der Waals surface area contributed by atoms with E-state index >= 15 is 0 Å². The maximum atomic E-state index is 11.4. The lowest BCUT2D eigenvalue weighted by atomic mass is 10.1. The Morgan fingerprint density at radius 2 is 1.82 bits per heavy atom. The highest BCUT2D eigenvalue weighted by Crippen LogP contribution is 2.25. The van der Waals surface area contributed by atoms with Crippen LogP contribution in [0.2, 0.25) is 0 Å². The summed E-state index contributed by atoms with van der Waals surface area (Å²) in [5, 5.41) is 3.02. The van der Waals surface area contributed by atoms with Crippen molar-refractivity contribution in [3.05, 3.63) is 42.6 Å². The van der Waals surface area contributed by atoms with Gasteiger partial charge in [-0.05, 0) is 35.4 Å². The monoisotopic (exact) mass is 299 g/mol. The number of carbonyl (C=O) groups is 1. The van der Waals surface area contributed by atoms with E-state index in [9.17, 15) is 4.79 Å². The van der Waals surface area contributed by atoms with E-state index in [1.54, 1.807) is 25.1 Å². The highest BCUT2D eigenvalue weighted by atomic mass is 16.2. The Bertz CT molecular complexity index is 611. The first kappa shape index (κ1) is 17.7. The average molecular weight is 299 g/mol. The molecular formula is C18H25N3O. The summed E-state index contributed by atoms with van der Waals surface area (Å²) in [7, 11) is 3.61. The summed E-state index contributed by atoms with van der Waals surface area (Å²) in [6.45, 7) is 5.80. The fraction of sp³-hybridized carbons (Fsp3) is 0.333. The third kappa shape index (κ3) is 4.88. The maximum Gasteiger partial charge on any atom is 0.223 e. The van der Waals surface area contributed by atoms with Crippen LogP contribution in [0.15, 0.2) is 42.6 Å². The van der Waals surface area contributed by atoms with E-state index in [0.717, 1.165) is 22.6 Å². The summed E-state index contributed by atoms with van der Waals surface area (Å²) < 4.78 is 0. The second-order valence-corrected chi connectivity index (χ2v) is 5.02. The third-order valence-corrected chi connectivity index (χ3v) is 3.06. The third-order valence-electron chi connectivity index (χ3n) is 3.06. The Morgan fingerprint density at radius 3 is 2.41 bits per heavy atom. The second-order valence-electron chi connectivity index (χ2n) is 5.02. The summed E-state index contributed by atoms with van der Waals surface area (Å²) in [6.07, 6.45) is 3.02. The molecule has 0 aliphatic carbocycles. The lowest BCUT2D eigenvalue weighted by Gasteiger charge is -2.16. The number of pyridine rings is 1. The molecule has 4 heteroatoms. The van der Waals surface area contributed by atoms with Gasteiger partial charge in [0.05, 0.1) is 0 Å². The first-order valence-electron chi connectivity index (χ1n) is 7.52. The van der Waals surface area contributed by atoms with E-state index in [2.05, 4.69) is 24.1 Å². The molecule has 0 radical (unpaired) electrons. The van der Waals surface area contributed by atoms with Crippen LogP contribution in [0.25, 0.3) is 11.1 Å². The molecule has 4 nitrogen and oxygen atoms in total. The Hall–Kier alpha value is -2.36. The van der Waals surface area contributed by atoms with Gasteiger partial charge in [-0.25, -0.2) is 4.98 Å². The van der Waals surface area contributed by atoms with Crippen molar-refractivity contribution < 1.29 is 4.79 Å². The van der Waals surface area contributed by atoms with Crippen molar-refractivity contribution in [2.75, 3.05) is 24.3 Å². The van der Waals surface area contributed by atoms with Crippen LogP contribution in [-0.4, -0.2) is 25.0 Å². The Kier molecular flexibility index (Phi) is 7.09. The number of amides is 1. The molecule has 2 aromatic rings. The summed E-state index contributed by atoms with van der Waals surface area (Å²) in [6, 6.07) is 11.8. The second kappa shape index (κ2) is 8.82. The number of nitrogens with zero attached hydrogens (tertiary/aromatic N) is 2. The molecular weight excluding hydrogens is 274 g/mol. The SMILES string of the molecule is CCC.CNc1cc(-c2cccc(N(C)C(C)=O)c2)ccn1. The summed E-state index contributed by atoms with van der Waals surface area (Å²) in [5.41, 5.74) is 3.01. The topological polar surface area (TPSA) is 45.2 Å². The fourth-order valence-electron chi connectivity index (χ4n) is 1.82. The Labute approximate surface area is 133 Å². The lowest BCUT2D eigenvalue weighted by molar-refractivity contribution is -0.116. The number of carbonyl (C=O) groups excluding carboxylic acids is 1. The van der Waals surface area contributed by atoms with Crippen molar-refractivity contribution in [3.63, 3.8) is 0 Å². The highest BCUT2D eigenvalue weighted by Gasteiger charge is 2.07. The van der Waals surface area contributed by atoms with Crippen molar-refractivity contribution in [2.24, 2.45) is 0 Å². The molecule has 2 rings (SSSR count). The maximum absolute atomic E-state index is 11.4. The molecule has 1 aromatic carbocycles. The first-order chi connectivity index (χ1) is 10.5. The summed E-state index contributed by atoms with van der Waals surface area (Å²) in [4.78, 5) is 17.2. The van der Waals surface area contributed by atoms with Gasteiger partial charge in [0.1, 0.15) is 5.82 Å². The van der Waals surface area contributed by atoms with Crippen molar-refractivity contribution in [1.82, 2.24) is 4.98 Å². The predicted octanol–water partition coefficient (Wildman–Crippen LogP) is 4.19. The van der Waals surface area contributed by atoms with E-state index in [1.807, 2.05) is 43.4 Å². The summed E-state index contributed by atoms with van der Waals surface area (Å²) >= 11 is 0. The molecule has 0 aliphatic heterocycles. The molecule has 0 fully saturated rings. The number of hydrogen-bond acceptors (Lipinski definition) is 3. The minimum atomic E-state index is 0.0165. The van der Waals surface area contributed by atoms with Gasteiger partial charge in [0.25, 0.3) is 0 Å². The molecule has 1 aromatic heterocycles. The zero-order valence-corrected chi connectivity index (χ0v) is 14.1. The van der Waals surface area contributed by atoms with Gasteiger partial charge in [-0.15, -0.1) is 0 Å². The number of anilines is 2. The van der Waals surface area contributed by atoms with Gasteiger partial charge < -0.3 is 10.2 Å². The number of aromatic nitrogens is 1. The molecule has 0 aliphatic rings. The number of benzene rings is 1. The van der Waals surface area contributed by atoms with Gasteiger partial charge >= 0.3 is 0 Å². The molecule has 22 heavy (non-hydrogen) atoms. The summed E-state index contributed by atoms with van der Waals surface area (Å²) in [5.74, 6) is 0.839. The van der Waals surface area contributed by atoms with Gasteiger partial charge in [0, 0.05) is 32.9 Å². The van der Waals surface area contributed by atoms with E-state index < -0.39 is 0 Å². The van der Waals surface area contributed by atoms with Crippen LogP contribution >= 0.6 is 0 Å². The molecule has 1 heterocycles. The van der Waals surface area contributed by atoms with Crippen LogP contribution < -0.4 is 10.2 Å². The van der Waals surface area contributed by atoms with Crippen molar-refractivity contribution in [2.45, 2.75) is 27.2 Å². The zero-order valence-electron chi connectivity index (χ0n) is 14.1. The number of nitrogens with one attached hydrogen (secondary N) is 1. The van der Waals surface area contributed by atoms with Crippen LogP contribution in [-0.2, 0) is 4.79 Å². The minimum Gasteiger partial charge on any atom is -0.373 e. The van der Waals surface area contributed by atoms with Crippen LogP contribution in [0.5, 0.6) is 0 Å².